The molecule has 0 N–H and O–H groups in total. The van der Waals surface area contributed by atoms with Crippen molar-refractivity contribution in [1.82, 2.24) is 9.55 Å². The van der Waals surface area contributed by atoms with E-state index < -0.39 is 0 Å². The largest absolute Gasteiger partial charge is 0.294 e. The molecule has 0 aliphatic carbocycles. The first-order valence-corrected chi connectivity index (χ1v) is 17.3. The number of hydroxylamine groups is 1. The number of rotatable bonds is 6. The first-order valence-electron chi connectivity index (χ1n) is 16.5. The van der Waals surface area contributed by atoms with E-state index in [0.717, 1.165) is 43.7 Å². The van der Waals surface area contributed by atoms with E-state index in [1.54, 1.807) is 11.8 Å². The normalized spacial score (nSPS) is 13.2. The number of fused-ring (bicyclic) bond motifs is 4. The van der Waals surface area contributed by atoms with Crippen LogP contribution in [0.4, 0.5) is 17.1 Å². The molecule has 6 heteroatoms. The zero-order chi connectivity index (χ0) is 33.0. The Bertz CT molecular complexity index is 2300. The third kappa shape index (κ3) is 5.31. The third-order valence-corrected chi connectivity index (χ3v) is 9.87. The maximum atomic E-state index is 6.45. The molecule has 0 unspecified atom stereocenters. The van der Waals surface area contributed by atoms with Gasteiger partial charge in [0, 0.05) is 26.8 Å². The van der Waals surface area contributed by atoms with Crippen LogP contribution >= 0.6 is 11.8 Å². The third-order valence-electron chi connectivity index (χ3n) is 8.89. The fraction of sp³-hybridized carbons (Fsp3) is 0.167. The van der Waals surface area contributed by atoms with Gasteiger partial charge >= 0.3 is 0 Å². The molecule has 0 atom stereocenters. The maximum absolute atomic E-state index is 6.45. The highest BCUT2D eigenvalue weighted by molar-refractivity contribution is 7.99. The monoisotopic (exact) mass is 646 g/mol. The van der Waals surface area contributed by atoms with Crippen molar-refractivity contribution < 1.29 is 4.94 Å². The van der Waals surface area contributed by atoms with Crippen LogP contribution < -0.4 is 10.1 Å². The van der Waals surface area contributed by atoms with E-state index in [-0.39, 0.29) is 5.54 Å². The molecule has 0 saturated heterocycles. The Kier molecular flexibility index (Phi) is 7.50. The lowest BCUT2D eigenvalue weighted by Gasteiger charge is -2.31. The van der Waals surface area contributed by atoms with Crippen LogP contribution in [0.25, 0.3) is 38.8 Å². The molecule has 1 aliphatic heterocycles. The SMILES string of the molecule is CC(C)c1ccccc1-c1ccnc(-n2c3ccccc3c3ccc(Sc4cccc(N5ON(C(C)(C)C)c6ccccc65)c4)cc32)c1. The van der Waals surface area contributed by atoms with E-state index in [1.807, 2.05) is 16.3 Å². The molecule has 5 nitrogen and oxygen atoms in total. The van der Waals surface area contributed by atoms with Crippen LogP contribution in [-0.2, 0) is 4.94 Å². The molecule has 1 aliphatic rings. The smallest absolute Gasteiger partial charge is 0.138 e. The summed E-state index contributed by atoms with van der Waals surface area (Å²) < 4.78 is 2.31. The summed E-state index contributed by atoms with van der Waals surface area (Å²) in [7, 11) is 0. The van der Waals surface area contributed by atoms with Gasteiger partial charge in [-0.3, -0.25) is 4.57 Å². The molecule has 238 valence electrons. The number of para-hydroxylation sites is 3. The Labute approximate surface area is 286 Å². The predicted octanol–water partition coefficient (Wildman–Crippen LogP) is 11.7. The molecule has 0 saturated carbocycles. The Balaban J connectivity index is 1.18. The van der Waals surface area contributed by atoms with Gasteiger partial charge in [-0.05, 0) is 104 Å². The number of hydrogen-bond donors (Lipinski definition) is 0. The van der Waals surface area contributed by atoms with E-state index in [0.29, 0.717) is 5.92 Å². The summed E-state index contributed by atoms with van der Waals surface area (Å²) in [5, 5.41) is 6.35. The summed E-state index contributed by atoms with van der Waals surface area (Å²) in [6, 6.07) is 45.3. The Hall–Kier alpha value is -5.04. The fourth-order valence-electron chi connectivity index (χ4n) is 6.69. The van der Waals surface area contributed by atoms with Crippen molar-refractivity contribution in [3.63, 3.8) is 0 Å². The van der Waals surface area contributed by atoms with Gasteiger partial charge in [-0.25, -0.2) is 10.0 Å². The number of benzene rings is 5. The molecule has 2 aromatic heterocycles. The molecular formula is C42H38N4OS. The summed E-state index contributed by atoms with van der Waals surface area (Å²) >= 11 is 1.75. The second kappa shape index (κ2) is 11.9. The fourth-order valence-corrected chi connectivity index (χ4v) is 7.59. The van der Waals surface area contributed by atoms with Gasteiger partial charge in [-0.2, -0.15) is 5.06 Å². The summed E-state index contributed by atoms with van der Waals surface area (Å²) in [5.74, 6) is 1.34. The van der Waals surface area contributed by atoms with Crippen molar-refractivity contribution in [1.29, 1.82) is 0 Å². The maximum Gasteiger partial charge on any atom is 0.138 e. The average Bonchev–Trinajstić information content (AvgIpc) is 3.65. The number of aromatic nitrogens is 2. The topological polar surface area (TPSA) is 33.5 Å². The predicted molar refractivity (Wildman–Crippen MR) is 201 cm³/mol. The zero-order valence-corrected chi connectivity index (χ0v) is 28.7. The minimum absolute atomic E-state index is 0.197. The number of anilines is 3. The van der Waals surface area contributed by atoms with Crippen LogP contribution in [0.1, 0.15) is 46.1 Å². The van der Waals surface area contributed by atoms with Gasteiger partial charge in [0.15, 0.2) is 0 Å². The van der Waals surface area contributed by atoms with Gasteiger partial charge in [0.2, 0.25) is 0 Å². The molecular weight excluding hydrogens is 609 g/mol. The summed E-state index contributed by atoms with van der Waals surface area (Å²) in [6.07, 6.45) is 1.94. The lowest BCUT2D eigenvalue weighted by Crippen LogP contribution is -2.41. The second-order valence-electron chi connectivity index (χ2n) is 13.6. The van der Waals surface area contributed by atoms with Crippen LogP contribution in [0.5, 0.6) is 0 Å². The van der Waals surface area contributed by atoms with E-state index in [4.69, 9.17) is 9.92 Å². The van der Waals surface area contributed by atoms with Crippen LogP contribution in [0.3, 0.4) is 0 Å². The van der Waals surface area contributed by atoms with Crippen molar-refractivity contribution in [3.8, 4) is 16.9 Å². The van der Waals surface area contributed by atoms with Crippen molar-refractivity contribution in [2.75, 3.05) is 10.1 Å². The van der Waals surface area contributed by atoms with Crippen LogP contribution in [0.15, 0.2) is 143 Å². The Morgan fingerprint density at radius 2 is 1.40 bits per heavy atom. The number of pyridine rings is 1. The van der Waals surface area contributed by atoms with E-state index in [2.05, 4.69) is 167 Å². The minimum atomic E-state index is -0.197. The van der Waals surface area contributed by atoms with E-state index in [9.17, 15) is 0 Å². The molecule has 8 rings (SSSR count). The highest BCUT2D eigenvalue weighted by Crippen LogP contribution is 2.45. The molecule has 5 aromatic carbocycles. The average molecular weight is 647 g/mol. The molecule has 3 heterocycles. The highest BCUT2D eigenvalue weighted by Gasteiger charge is 2.35. The van der Waals surface area contributed by atoms with Gasteiger partial charge in [0.05, 0.1) is 33.6 Å². The van der Waals surface area contributed by atoms with Crippen molar-refractivity contribution in [2.24, 2.45) is 0 Å². The molecule has 0 amide bonds. The summed E-state index contributed by atoms with van der Waals surface area (Å²) in [4.78, 5) is 13.7. The second-order valence-corrected chi connectivity index (χ2v) is 14.8. The van der Waals surface area contributed by atoms with Gasteiger partial charge < -0.3 is 0 Å². The van der Waals surface area contributed by atoms with Gasteiger partial charge in [0.25, 0.3) is 0 Å². The molecule has 7 aromatic rings. The lowest BCUT2D eigenvalue weighted by molar-refractivity contribution is 0.0842. The Morgan fingerprint density at radius 3 is 2.23 bits per heavy atom. The van der Waals surface area contributed by atoms with Gasteiger partial charge in [-0.1, -0.05) is 92.3 Å². The van der Waals surface area contributed by atoms with Crippen LogP contribution in [0, 0.1) is 0 Å². The number of hydrogen-bond acceptors (Lipinski definition) is 5. The summed E-state index contributed by atoms with van der Waals surface area (Å²) in [5.41, 5.74) is 8.93. The number of nitrogens with zero attached hydrogens (tertiary/aromatic N) is 4. The van der Waals surface area contributed by atoms with E-state index in [1.165, 1.54) is 27.5 Å². The first-order chi connectivity index (χ1) is 23.3. The van der Waals surface area contributed by atoms with Crippen LogP contribution in [0.2, 0.25) is 0 Å². The quantitative estimate of drug-likeness (QED) is 0.180. The molecule has 0 bridgehead atoms. The minimum Gasteiger partial charge on any atom is -0.294 e. The van der Waals surface area contributed by atoms with Gasteiger partial charge in [-0.15, -0.1) is 4.94 Å². The van der Waals surface area contributed by atoms with Gasteiger partial charge in [0.1, 0.15) is 5.82 Å². The van der Waals surface area contributed by atoms with E-state index >= 15 is 0 Å². The zero-order valence-electron chi connectivity index (χ0n) is 27.9. The molecule has 0 fully saturated rings. The standard InChI is InChI=1S/C42H38N4OS/c1-28(2)33-15-6-7-16-34(33)29-23-24-43-41(25-29)44-37-18-9-8-17-35(37)36-22-21-32(27-40(36)44)48-31-14-12-13-30(26-31)45-38-19-10-11-20-39(38)46(47-45)42(3,4)5/h6-28H,1-5H3. The first kappa shape index (κ1) is 30.3. The lowest BCUT2D eigenvalue weighted by atomic mass is 9.93. The molecule has 0 radical (unpaired) electrons. The Morgan fingerprint density at radius 1 is 0.667 bits per heavy atom. The van der Waals surface area contributed by atoms with Crippen molar-refractivity contribution >= 4 is 50.6 Å². The summed E-state index contributed by atoms with van der Waals surface area (Å²) in [6.45, 7) is 11.0. The molecule has 0 spiro atoms. The van der Waals surface area contributed by atoms with Crippen LogP contribution in [-0.4, -0.2) is 15.1 Å². The highest BCUT2D eigenvalue weighted by atomic mass is 32.2. The van der Waals surface area contributed by atoms with Crippen molar-refractivity contribution in [3.05, 3.63) is 139 Å². The molecule has 48 heavy (non-hydrogen) atoms. The van der Waals surface area contributed by atoms with Crippen molar-refractivity contribution in [2.45, 2.75) is 55.9 Å².